The standard InChI is InChI=1S/C24H24Cl2N2O3S/c1-32(30,31)28(22-17-20(25)14-15-21(22)26)16-8-13-23(29)27-24(18-9-4-2-5-10-18)19-11-6-3-7-12-19/h2-7,9-12,14-15,17,24H,8,13,16H2,1H3,(H,27,29). The molecule has 8 heteroatoms. The largest absolute Gasteiger partial charge is 0.345 e. The predicted molar refractivity (Wildman–Crippen MR) is 131 cm³/mol. The molecular weight excluding hydrogens is 467 g/mol. The van der Waals surface area contributed by atoms with Crippen LogP contribution in [-0.4, -0.2) is 27.1 Å². The van der Waals surface area contributed by atoms with E-state index in [9.17, 15) is 13.2 Å². The van der Waals surface area contributed by atoms with Crippen LogP contribution in [0.1, 0.15) is 30.0 Å². The second-order valence-corrected chi connectivity index (χ2v) is 10.1. The average Bonchev–Trinajstić information content (AvgIpc) is 2.77. The second kappa shape index (κ2) is 10.9. The van der Waals surface area contributed by atoms with Gasteiger partial charge in [-0.25, -0.2) is 8.42 Å². The molecule has 32 heavy (non-hydrogen) atoms. The van der Waals surface area contributed by atoms with Gasteiger partial charge in [-0.2, -0.15) is 0 Å². The van der Waals surface area contributed by atoms with Crippen LogP contribution in [0.4, 0.5) is 5.69 Å². The maximum atomic E-state index is 12.8. The first-order chi connectivity index (χ1) is 15.3. The Labute approximate surface area is 199 Å². The summed E-state index contributed by atoms with van der Waals surface area (Å²) in [4.78, 5) is 12.8. The van der Waals surface area contributed by atoms with Crippen molar-refractivity contribution in [3.63, 3.8) is 0 Å². The zero-order valence-electron chi connectivity index (χ0n) is 17.5. The molecule has 1 amide bonds. The summed E-state index contributed by atoms with van der Waals surface area (Å²) in [6.07, 6.45) is 1.57. The summed E-state index contributed by atoms with van der Waals surface area (Å²) in [5.41, 5.74) is 2.24. The molecule has 0 heterocycles. The maximum absolute atomic E-state index is 12.8. The number of nitrogens with one attached hydrogen (secondary N) is 1. The minimum Gasteiger partial charge on any atom is -0.345 e. The van der Waals surface area contributed by atoms with Gasteiger partial charge in [-0.1, -0.05) is 83.9 Å². The van der Waals surface area contributed by atoms with E-state index in [1.165, 1.54) is 10.4 Å². The number of benzene rings is 3. The minimum absolute atomic E-state index is 0.105. The van der Waals surface area contributed by atoms with Crippen molar-refractivity contribution in [2.24, 2.45) is 0 Å². The Kier molecular flexibility index (Phi) is 8.18. The molecule has 3 aromatic rings. The third-order valence-electron chi connectivity index (χ3n) is 4.91. The van der Waals surface area contributed by atoms with Gasteiger partial charge < -0.3 is 5.32 Å². The smallest absolute Gasteiger partial charge is 0.232 e. The van der Waals surface area contributed by atoms with Gasteiger partial charge in [-0.05, 0) is 35.7 Å². The van der Waals surface area contributed by atoms with Gasteiger partial charge in [-0.3, -0.25) is 9.10 Å². The SMILES string of the molecule is CS(=O)(=O)N(CCCC(=O)NC(c1ccccc1)c1ccccc1)c1cc(Cl)ccc1Cl. The fourth-order valence-electron chi connectivity index (χ4n) is 3.41. The van der Waals surface area contributed by atoms with Gasteiger partial charge in [-0.15, -0.1) is 0 Å². The average molecular weight is 491 g/mol. The third kappa shape index (κ3) is 6.48. The van der Waals surface area contributed by atoms with Crippen LogP contribution in [0, 0.1) is 0 Å². The summed E-state index contributed by atoms with van der Waals surface area (Å²) in [5.74, 6) is -0.173. The molecule has 0 atom stereocenters. The molecule has 0 aromatic heterocycles. The van der Waals surface area contributed by atoms with Crippen LogP contribution in [0.15, 0.2) is 78.9 Å². The Morgan fingerprint density at radius 2 is 1.50 bits per heavy atom. The van der Waals surface area contributed by atoms with Crippen molar-refractivity contribution in [1.82, 2.24) is 5.32 Å². The molecule has 1 N–H and O–H groups in total. The lowest BCUT2D eigenvalue weighted by atomic mass is 9.98. The molecule has 0 fully saturated rings. The molecular formula is C24H24Cl2N2O3S. The minimum atomic E-state index is -3.61. The number of carbonyl (C=O) groups is 1. The zero-order chi connectivity index (χ0) is 23.1. The van der Waals surface area contributed by atoms with Crippen LogP contribution in [0.5, 0.6) is 0 Å². The lowest BCUT2D eigenvalue weighted by Gasteiger charge is -2.24. The first-order valence-corrected chi connectivity index (χ1v) is 12.7. The number of halogens is 2. The topological polar surface area (TPSA) is 66.5 Å². The molecule has 0 saturated heterocycles. The van der Waals surface area contributed by atoms with E-state index in [-0.39, 0.29) is 29.9 Å². The van der Waals surface area contributed by atoms with Gasteiger partial charge in [0.1, 0.15) is 0 Å². The molecule has 0 saturated carbocycles. The van der Waals surface area contributed by atoms with Gasteiger partial charge in [0.05, 0.1) is 23.0 Å². The number of nitrogens with zero attached hydrogens (tertiary/aromatic N) is 1. The molecule has 0 radical (unpaired) electrons. The zero-order valence-corrected chi connectivity index (χ0v) is 19.9. The van der Waals surface area contributed by atoms with E-state index in [0.29, 0.717) is 17.1 Å². The Bertz CT molecular complexity index is 1120. The van der Waals surface area contributed by atoms with E-state index >= 15 is 0 Å². The van der Waals surface area contributed by atoms with Crippen LogP contribution in [0.3, 0.4) is 0 Å². The van der Waals surface area contributed by atoms with Crippen molar-refractivity contribution in [3.05, 3.63) is 100 Å². The summed E-state index contributed by atoms with van der Waals surface area (Å²) in [7, 11) is -3.61. The fraction of sp³-hybridized carbons (Fsp3) is 0.208. The van der Waals surface area contributed by atoms with E-state index < -0.39 is 10.0 Å². The Balaban J connectivity index is 1.70. The van der Waals surface area contributed by atoms with Crippen molar-refractivity contribution in [3.8, 4) is 0 Å². The highest BCUT2D eigenvalue weighted by Crippen LogP contribution is 2.31. The summed E-state index contributed by atoms with van der Waals surface area (Å²) in [6.45, 7) is 0.105. The number of rotatable bonds is 9. The van der Waals surface area contributed by atoms with Crippen molar-refractivity contribution >= 4 is 44.8 Å². The van der Waals surface area contributed by atoms with E-state index in [1.54, 1.807) is 12.1 Å². The van der Waals surface area contributed by atoms with E-state index in [2.05, 4.69) is 5.32 Å². The van der Waals surface area contributed by atoms with Crippen LogP contribution in [0.2, 0.25) is 10.0 Å². The number of hydrogen-bond acceptors (Lipinski definition) is 3. The monoisotopic (exact) mass is 490 g/mol. The van der Waals surface area contributed by atoms with Crippen molar-refractivity contribution in [1.29, 1.82) is 0 Å². The molecule has 0 bridgehead atoms. The summed E-state index contributed by atoms with van der Waals surface area (Å²) < 4.78 is 25.9. The third-order valence-corrected chi connectivity index (χ3v) is 6.65. The lowest BCUT2D eigenvalue weighted by Crippen LogP contribution is -2.33. The number of amides is 1. The first kappa shape index (κ1) is 24.1. The van der Waals surface area contributed by atoms with Crippen molar-refractivity contribution in [2.75, 3.05) is 17.1 Å². The van der Waals surface area contributed by atoms with Gasteiger partial charge in [0.15, 0.2) is 0 Å². The highest BCUT2D eigenvalue weighted by molar-refractivity contribution is 7.92. The summed E-state index contributed by atoms with van der Waals surface area (Å²) >= 11 is 12.2. The van der Waals surface area contributed by atoms with Crippen LogP contribution in [0.25, 0.3) is 0 Å². The fourth-order valence-corrected chi connectivity index (χ4v) is 4.81. The van der Waals surface area contributed by atoms with Gasteiger partial charge in [0, 0.05) is 18.0 Å². The highest BCUT2D eigenvalue weighted by atomic mass is 35.5. The van der Waals surface area contributed by atoms with Crippen LogP contribution in [-0.2, 0) is 14.8 Å². The molecule has 3 rings (SSSR count). The summed E-state index contributed by atoms with van der Waals surface area (Å²) in [6, 6.07) is 23.8. The number of carbonyl (C=O) groups excluding carboxylic acids is 1. The molecule has 3 aromatic carbocycles. The number of sulfonamides is 1. The molecule has 5 nitrogen and oxygen atoms in total. The molecule has 168 valence electrons. The molecule has 0 aliphatic heterocycles. The number of hydrogen-bond donors (Lipinski definition) is 1. The quantitative estimate of drug-likeness (QED) is 0.433. The normalized spacial score (nSPS) is 11.4. The van der Waals surface area contributed by atoms with Crippen LogP contribution < -0.4 is 9.62 Å². The molecule has 0 spiro atoms. The maximum Gasteiger partial charge on any atom is 0.232 e. The van der Waals surface area contributed by atoms with Gasteiger partial charge in [0.2, 0.25) is 15.9 Å². The molecule has 0 aliphatic rings. The molecule has 0 aliphatic carbocycles. The first-order valence-electron chi connectivity index (χ1n) is 10.1. The number of anilines is 1. The predicted octanol–water partition coefficient (Wildman–Crippen LogP) is 5.45. The Hall–Kier alpha value is -2.54. The van der Waals surface area contributed by atoms with Crippen molar-refractivity contribution < 1.29 is 13.2 Å². The Morgan fingerprint density at radius 3 is 2.03 bits per heavy atom. The summed E-state index contributed by atoms with van der Waals surface area (Å²) in [5, 5.41) is 3.72. The van der Waals surface area contributed by atoms with E-state index in [4.69, 9.17) is 23.2 Å². The van der Waals surface area contributed by atoms with Crippen LogP contribution >= 0.6 is 23.2 Å². The van der Waals surface area contributed by atoms with E-state index in [0.717, 1.165) is 17.4 Å². The van der Waals surface area contributed by atoms with Gasteiger partial charge >= 0.3 is 0 Å². The lowest BCUT2D eigenvalue weighted by molar-refractivity contribution is -0.121. The second-order valence-electron chi connectivity index (χ2n) is 7.36. The van der Waals surface area contributed by atoms with Gasteiger partial charge in [0.25, 0.3) is 0 Å². The highest BCUT2D eigenvalue weighted by Gasteiger charge is 2.21. The van der Waals surface area contributed by atoms with Crippen molar-refractivity contribution in [2.45, 2.75) is 18.9 Å². The Morgan fingerprint density at radius 1 is 0.938 bits per heavy atom. The van der Waals surface area contributed by atoms with E-state index in [1.807, 2.05) is 60.7 Å². The molecule has 0 unspecified atom stereocenters.